The van der Waals surface area contributed by atoms with Gasteiger partial charge in [0.1, 0.15) is 5.82 Å². The van der Waals surface area contributed by atoms with Crippen molar-refractivity contribution < 1.29 is 9.18 Å². The number of hydrogen-bond acceptors (Lipinski definition) is 2. The third kappa shape index (κ3) is 4.49. The summed E-state index contributed by atoms with van der Waals surface area (Å²) in [7, 11) is 0. The number of nitrogens with zero attached hydrogens (tertiary/aromatic N) is 2. The maximum Gasteiger partial charge on any atom is 0.209 e. The molecular formula is C20H29FN2O. The zero-order valence-corrected chi connectivity index (χ0v) is 14.5. The van der Waals surface area contributed by atoms with E-state index in [1.54, 1.807) is 0 Å². The van der Waals surface area contributed by atoms with E-state index in [4.69, 9.17) is 0 Å². The minimum Gasteiger partial charge on any atom is -0.371 e. The van der Waals surface area contributed by atoms with E-state index >= 15 is 0 Å². The summed E-state index contributed by atoms with van der Waals surface area (Å²) in [5.41, 5.74) is 1.11. The molecule has 0 radical (unpaired) electrons. The molecule has 1 aliphatic heterocycles. The van der Waals surface area contributed by atoms with Gasteiger partial charge in [0.2, 0.25) is 6.41 Å². The van der Waals surface area contributed by atoms with Crippen molar-refractivity contribution in [2.24, 2.45) is 5.92 Å². The van der Waals surface area contributed by atoms with Crippen LogP contribution in [0.4, 0.5) is 10.1 Å². The fraction of sp³-hybridized carbons (Fsp3) is 0.650. The Bertz CT molecular complexity index is 513. The second-order valence-corrected chi connectivity index (χ2v) is 7.35. The molecule has 2 fully saturated rings. The van der Waals surface area contributed by atoms with Gasteiger partial charge in [-0.3, -0.25) is 4.79 Å². The van der Waals surface area contributed by atoms with Gasteiger partial charge in [-0.15, -0.1) is 0 Å². The third-order valence-electron chi connectivity index (χ3n) is 5.69. The van der Waals surface area contributed by atoms with Crippen molar-refractivity contribution in [3.05, 3.63) is 30.1 Å². The molecule has 0 N–H and O–H groups in total. The predicted molar refractivity (Wildman–Crippen MR) is 95.6 cm³/mol. The molecule has 24 heavy (non-hydrogen) atoms. The molecule has 1 atom stereocenters. The van der Waals surface area contributed by atoms with Gasteiger partial charge in [-0.25, -0.2) is 4.39 Å². The summed E-state index contributed by atoms with van der Waals surface area (Å²) in [6.45, 7) is 2.95. The first-order valence-electron chi connectivity index (χ1n) is 9.48. The van der Waals surface area contributed by atoms with E-state index in [9.17, 15) is 9.18 Å². The van der Waals surface area contributed by atoms with Gasteiger partial charge in [0.05, 0.1) is 0 Å². The SMILES string of the molecule is O=CN(CC[C@@H]1CCCN(c2ccc(F)cc2)C1)C1CCCCC1. The molecule has 0 aromatic heterocycles. The molecule has 4 heteroatoms. The average molecular weight is 332 g/mol. The maximum atomic E-state index is 13.1. The fourth-order valence-corrected chi connectivity index (χ4v) is 4.25. The third-order valence-corrected chi connectivity index (χ3v) is 5.69. The van der Waals surface area contributed by atoms with E-state index < -0.39 is 0 Å². The number of amides is 1. The van der Waals surface area contributed by atoms with E-state index in [1.165, 1.54) is 57.1 Å². The summed E-state index contributed by atoms with van der Waals surface area (Å²) in [6.07, 6.45) is 10.7. The number of benzene rings is 1. The summed E-state index contributed by atoms with van der Waals surface area (Å²) in [5, 5.41) is 0. The van der Waals surface area contributed by atoms with E-state index in [1.807, 2.05) is 12.1 Å². The van der Waals surface area contributed by atoms with Gasteiger partial charge in [0.25, 0.3) is 0 Å². The van der Waals surface area contributed by atoms with Crippen molar-refractivity contribution in [2.45, 2.75) is 57.4 Å². The van der Waals surface area contributed by atoms with E-state index in [2.05, 4.69) is 9.80 Å². The van der Waals surface area contributed by atoms with Crippen LogP contribution in [0.25, 0.3) is 0 Å². The summed E-state index contributed by atoms with van der Waals surface area (Å²) in [4.78, 5) is 15.9. The van der Waals surface area contributed by atoms with E-state index in [0.717, 1.165) is 38.2 Å². The van der Waals surface area contributed by atoms with Crippen molar-refractivity contribution in [3.63, 3.8) is 0 Å². The Hall–Kier alpha value is -1.58. The van der Waals surface area contributed by atoms with Crippen LogP contribution in [0.15, 0.2) is 24.3 Å². The highest BCUT2D eigenvalue weighted by atomic mass is 19.1. The molecule has 1 saturated heterocycles. The van der Waals surface area contributed by atoms with Crippen LogP contribution in [0.5, 0.6) is 0 Å². The Morgan fingerprint density at radius 2 is 1.83 bits per heavy atom. The van der Waals surface area contributed by atoms with E-state index in [-0.39, 0.29) is 5.82 Å². The highest BCUT2D eigenvalue weighted by Gasteiger charge is 2.23. The van der Waals surface area contributed by atoms with E-state index in [0.29, 0.717) is 12.0 Å². The van der Waals surface area contributed by atoms with Gasteiger partial charge >= 0.3 is 0 Å². The maximum absolute atomic E-state index is 13.1. The Balaban J connectivity index is 1.51. The number of carbonyl (C=O) groups is 1. The summed E-state index contributed by atoms with van der Waals surface area (Å²) in [5.74, 6) is 0.441. The minimum atomic E-state index is -0.179. The Morgan fingerprint density at radius 1 is 1.08 bits per heavy atom. The van der Waals surface area contributed by atoms with Crippen molar-refractivity contribution in [1.82, 2.24) is 4.90 Å². The number of rotatable bonds is 6. The topological polar surface area (TPSA) is 23.6 Å². The van der Waals surface area contributed by atoms with Crippen molar-refractivity contribution in [1.29, 1.82) is 0 Å². The lowest BCUT2D eigenvalue weighted by atomic mass is 9.92. The largest absolute Gasteiger partial charge is 0.371 e. The van der Waals surface area contributed by atoms with Gasteiger partial charge in [-0.1, -0.05) is 19.3 Å². The minimum absolute atomic E-state index is 0.179. The molecule has 1 aromatic carbocycles. The average Bonchev–Trinajstić information content (AvgIpc) is 2.64. The molecule has 3 nitrogen and oxygen atoms in total. The second kappa shape index (κ2) is 8.50. The monoisotopic (exact) mass is 332 g/mol. The highest BCUT2D eigenvalue weighted by molar-refractivity contribution is 5.48. The lowest BCUT2D eigenvalue weighted by Gasteiger charge is -2.36. The van der Waals surface area contributed by atoms with Gasteiger partial charge in [0.15, 0.2) is 0 Å². The molecule has 3 rings (SSSR count). The molecule has 1 heterocycles. The van der Waals surface area contributed by atoms with Crippen LogP contribution in [0.2, 0.25) is 0 Å². The molecule has 1 aromatic rings. The normalized spacial score (nSPS) is 22.4. The lowest BCUT2D eigenvalue weighted by Crippen LogP contribution is -2.40. The smallest absolute Gasteiger partial charge is 0.209 e. The van der Waals surface area contributed by atoms with Crippen molar-refractivity contribution >= 4 is 12.1 Å². The number of halogens is 1. The molecular weight excluding hydrogens is 303 g/mol. The molecule has 1 amide bonds. The van der Waals surface area contributed by atoms with Crippen LogP contribution in [-0.4, -0.2) is 37.0 Å². The first kappa shape index (κ1) is 17.2. The van der Waals surface area contributed by atoms with Crippen LogP contribution < -0.4 is 4.90 Å². The molecule has 132 valence electrons. The van der Waals surface area contributed by atoms with Crippen LogP contribution in [0.3, 0.4) is 0 Å². The van der Waals surface area contributed by atoms with Crippen LogP contribution in [0.1, 0.15) is 51.4 Å². The zero-order valence-electron chi connectivity index (χ0n) is 14.5. The first-order chi connectivity index (χ1) is 11.8. The number of hydrogen-bond donors (Lipinski definition) is 0. The summed E-state index contributed by atoms with van der Waals surface area (Å²) in [6, 6.07) is 7.29. The van der Waals surface area contributed by atoms with Gasteiger partial charge in [0, 0.05) is 31.4 Å². The van der Waals surface area contributed by atoms with Gasteiger partial charge < -0.3 is 9.80 Å². The highest BCUT2D eigenvalue weighted by Crippen LogP contribution is 2.27. The fourth-order valence-electron chi connectivity index (χ4n) is 4.25. The standard InChI is InChI=1S/C20H29FN2O/c21-18-8-10-20(11-9-18)22-13-4-5-17(15-22)12-14-23(16-24)19-6-2-1-3-7-19/h8-11,16-17,19H,1-7,12-15H2/t17-/m0/s1. The van der Waals surface area contributed by atoms with Crippen molar-refractivity contribution in [3.8, 4) is 0 Å². The van der Waals surface area contributed by atoms with Crippen LogP contribution in [0, 0.1) is 11.7 Å². The number of carbonyl (C=O) groups excluding carboxylic acids is 1. The summed E-state index contributed by atoms with van der Waals surface area (Å²) < 4.78 is 13.1. The molecule has 1 saturated carbocycles. The van der Waals surface area contributed by atoms with Crippen LogP contribution >= 0.6 is 0 Å². The lowest BCUT2D eigenvalue weighted by molar-refractivity contribution is -0.121. The Labute approximate surface area is 144 Å². The number of anilines is 1. The molecule has 0 unspecified atom stereocenters. The van der Waals surface area contributed by atoms with Gasteiger partial charge in [-0.05, 0) is 62.3 Å². The molecule has 2 aliphatic rings. The summed E-state index contributed by atoms with van der Waals surface area (Å²) >= 11 is 0. The number of piperidine rings is 1. The second-order valence-electron chi connectivity index (χ2n) is 7.35. The van der Waals surface area contributed by atoms with Gasteiger partial charge in [-0.2, -0.15) is 0 Å². The predicted octanol–water partition coefficient (Wildman–Crippen LogP) is 4.22. The zero-order chi connectivity index (χ0) is 16.8. The molecule has 0 spiro atoms. The molecule has 1 aliphatic carbocycles. The van der Waals surface area contributed by atoms with Crippen LogP contribution in [-0.2, 0) is 4.79 Å². The Morgan fingerprint density at radius 3 is 2.54 bits per heavy atom. The molecule has 0 bridgehead atoms. The quantitative estimate of drug-likeness (QED) is 0.728. The Kier molecular flexibility index (Phi) is 6.11. The van der Waals surface area contributed by atoms with Crippen molar-refractivity contribution in [2.75, 3.05) is 24.5 Å². The first-order valence-corrected chi connectivity index (χ1v) is 9.48.